The van der Waals surface area contributed by atoms with E-state index in [0.29, 0.717) is 13.1 Å². The third-order valence-corrected chi connectivity index (χ3v) is 4.41. The number of carbonyl (C=O) groups excluding carboxylic acids is 1. The molecule has 2 saturated heterocycles. The van der Waals surface area contributed by atoms with Crippen LogP contribution in [-0.2, 0) is 4.84 Å². The van der Waals surface area contributed by atoms with Gasteiger partial charge in [-0.3, -0.25) is 0 Å². The van der Waals surface area contributed by atoms with Crippen molar-refractivity contribution in [3.63, 3.8) is 0 Å². The maximum Gasteiger partial charge on any atom is 0.346 e. The lowest BCUT2D eigenvalue weighted by Gasteiger charge is -2.31. The number of urea groups is 1. The number of amides is 2. The van der Waals surface area contributed by atoms with Crippen LogP contribution in [0.25, 0.3) is 0 Å². The van der Waals surface area contributed by atoms with Crippen molar-refractivity contribution < 1.29 is 14.4 Å². The van der Waals surface area contributed by atoms with Crippen LogP contribution in [0.1, 0.15) is 24.6 Å². The number of carbonyl (C=O) groups is 1. The van der Waals surface area contributed by atoms with Crippen molar-refractivity contribution >= 4 is 6.03 Å². The molecule has 2 aromatic carbocycles. The standard InChI is InChI=1S/C19H20N2O3/c22-19(21-18(24-21)15-7-3-1-4-8-15)20-13-11-17(12-14-20)23-16-9-5-2-6-10-16/h1-10,17-18H,11-14H2. The van der Waals surface area contributed by atoms with Gasteiger partial charge in [0.2, 0.25) is 6.23 Å². The second-order valence-electron chi connectivity index (χ2n) is 6.09. The van der Waals surface area contributed by atoms with Crippen molar-refractivity contribution in [3.05, 3.63) is 66.2 Å². The lowest BCUT2D eigenvalue weighted by atomic mass is 10.1. The summed E-state index contributed by atoms with van der Waals surface area (Å²) in [4.78, 5) is 19.8. The summed E-state index contributed by atoms with van der Waals surface area (Å²) in [7, 11) is 0. The van der Waals surface area contributed by atoms with Gasteiger partial charge in [0.05, 0.1) is 0 Å². The van der Waals surface area contributed by atoms with Crippen LogP contribution in [0.15, 0.2) is 60.7 Å². The Morgan fingerprint density at radius 3 is 2.25 bits per heavy atom. The molecule has 0 N–H and O–H groups in total. The molecule has 2 aliphatic rings. The molecular formula is C19H20N2O3. The highest BCUT2D eigenvalue weighted by molar-refractivity contribution is 5.75. The van der Waals surface area contributed by atoms with Gasteiger partial charge < -0.3 is 9.64 Å². The number of hydrogen-bond donors (Lipinski definition) is 0. The number of ether oxygens (including phenoxy) is 1. The largest absolute Gasteiger partial charge is 0.490 e. The average Bonchev–Trinajstić information content (AvgIpc) is 3.44. The minimum atomic E-state index is -0.239. The molecule has 24 heavy (non-hydrogen) atoms. The van der Waals surface area contributed by atoms with Gasteiger partial charge in [-0.2, -0.15) is 5.06 Å². The smallest absolute Gasteiger partial charge is 0.346 e. The van der Waals surface area contributed by atoms with E-state index in [-0.39, 0.29) is 18.4 Å². The Kier molecular flexibility index (Phi) is 4.09. The molecule has 2 fully saturated rings. The van der Waals surface area contributed by atoms with Crippen LogP contribution in [0, 0.1) is 0 Å². The number of benzene rings is 2. The van der Waals surface area contributed by atoms with Crippen LogP contribution in [0.4, 0.5) is 4.79 Å². The number of para-hydroxylation sites is 1. The second-order valence-corrected chi connectivity index (χ2v) is 6.09. The molecule has 0 bridgehead atoms. The summed E-state index contributed by atoms with van der Waals surface area (Å²) in [5.41, 5.74) is 1.01. The fourth-order valence-corrected chi connectivity index (χ4v) is 3.04. The third-order valence-electron chi connectivity index (χ3n) is 4.41. The monoisotopic (exact) mass is 324 g/mol. The Bertz CT molecular complexity index is 684. The molecule has 124 valence electrons. The van der Waals surface area contributed by atoms with Gasteiger partial charge in [0.1, 0.15) is 11.9 Å². The van der Waals surface area contributed by atoms with E-state index >= 15 is 0 Å². The molecule has 1 atom stereocenters. The van der Waals surface area contributed by atoms with Crippen molar-refractivity contribution in [2.75, 3.05) is 13.1 Å². The van der Waals surface area contributed by atoms with Gasteiger partial charge in [0.25, 0.3) is 0 Å². The maximum absolute atomic E-state index is 12.5. The molecule has 0 saturated carbocycles. The van der Waals surface area contributed by atoms with E-state index in [0.717, 1.165) is 24.2 Å². The lowest BCUT2D eigenvalue weighted by molar-refractivity contribution is 0.0898. The highest BCUT2D eigenvalue weighted by Crippen LogP contribution is 2.38. The number of rotatable bonds is 3. The minimum Gasteiger partial charge on any atom is -0.490 e. The molecule has 0 aromatic heterocycles. The SMILES string of the molecule is O=C(N1CCC(Oc2ccccc2)CC1)N1OC1c1ccccc1. The van der Waals surface area contributed by atoms with Crippen LogP contribution >= 0.6 is 0 Å². The zero-order valence-electron chi connectivity index (χ0n) is 13.4. The van der Waals surface area contributed by atoms with E-state index in [1.807, 2.05) is 65.6 Å². The normalized spacial score (nSPS) is 20.8. The average molecular weight is 324 g/mol. The first-order valence-electron chi connectivity index (χ1n) is 8.33. The second kappa shape index (κ2) is 6.53. The Labute approximate surface area is 141 Å². The van der Waals surface area contributed by atoms with E-state index < -0.39 is 0 Å². The highest BCUT2D eigenvalue weighted by Gasteiger charge is 2.45. The van der Waals surface area contributed by atoms with Gasteiger partial charge in [0.15, 0.2) is 0 Å². The predicted octanol–water partition coefficient (Wildman–Crippen LogP) is 3.60. The minimum absolute atomic E-state index is 0.0537. The molecule has 1 unspecified atom stereocenters. The van der Waals surface area contributed by atoms with Crippen LogP contribution in [0.2, 0.25) is 0 Å². The topological polar surface area (TPSA) is 45.1 Å². The predicted molar refractivity (Wildman–Crippen MR) is 89.2 cm³/mol. The van der Waals surface area contributed by atoms with Crippen LogP contribution < -0.4 is 4.74 Å². The third kappa shape index (κ3) is 3.21. The number of nitrogens with zero attached hydrogens (tertiary/aromatic N) is 2. The van der Waals surface area contributed by atoms with Gasteiger partial charge in [-0.15, -0.1) is 0 Å². The van der Waals surface area contributed by atoms with Gasteiger partial charge in [-0.1, -0.05) is 48.5 Å². The van der Waals surface area contributed by atoms with Gasteiger partial charge in [0, 0.05) is 31.5 Å². The molecule has 2 aromatic rings. The molecule has 2 aliphatic heterocycles. The number of piperidine rings is 1. The summed E-state index contributed by atoms with van der Waals surface area (Å²) < 4.78 is 5.97. The van der Waals surface area contributed by atoms with Gasteiger partial charge >= 0.3 is 6.03 Å². The molecule has 2 heterocycles. The number of hydrogen-bond acceptors (Lipinski definition) is 3. The van der Waals surface area contributed by atoms with Crippen LogP contribution in [0.5, 0.6) is 5.75 Å². The summed E-state index contributed by atoms with van der Waals surface area (Å²) >= 11 is 0. The summed E-state index contributed by atoms with van der Waals surface area (Å²) in [6.45, 7) is 1.38. The molecule has 5 heteroatoms. The summed E-state index contributed by atoms with van der Waals surface area (Å²) in [5, 5.41) is 1.45. The first kappa shape index (κ1) is 15.0. The van der Waals surface area contributed by atoms with E-state index in [2.05, 4.69) is 0 Å². The van der Waals surface area contributed by atoms with Crippen molar-refractivity contribution in [1.82, 2.24) is 9.96 Å². The van der Waals surface area contributed by atoms with E-state index in [1.54, 1.807) is 0 Å². The van der Waals surface area contributed by atoms with E-state index in [4.69, 9.17) is 9.57 Å². The van der Waals surface area contributed by atoms with Crippen molar-refractivity contribution in [3.8, 4) is 5.75 Å². The molecule has 0 spiro atoms. The van der Waals surface area contributed by atoms with Gasteiger partial charge in [-0.05, 0) is 12.1 Å². The Hall–Kier alpha value is -2.53. The fraction of sp³-hybridized carbons (Fsp3) is 0.316. The van der Waals surface area contributed by atoms with Crippen molar-refractivity contribution in [2.45, 2.75) is 25.2 Å². The summed E-state index contributed by atoms with van der Waals surface area (Å²) in [5.74, 6) is 0.890. The van der Waals surface area contributed by atoms with Crippen LogP contribution in [0.3, 0.4) is 0 Å². The number of likely N-dealkylation sites (tertiary alicyclic amines) is 1. The molecular weight excluding hydrogens is 304 g/mol. The summed E-state index contributed by atoms with van der Waals surface area (Å²) in [6, 6.07) is 19.6. The first-order chi connectivity index (χ1) is 11.8. The van der Waals surface area contributed by atoms with Crippen molar-refractivity contribution in [2.24, 2.45) is 0 Å². The zero-order valence-corrected chi connectivity index (χ0v) is 13.4. The van der Waals surface area contributed by atoms with Crippen LogP contribution in [-0.4, -0.2) is 35.2 Å². The Balaban J connectivity index is 1.28. The Morgan fingerprint density at radius 2 is 1.58 bits per heavy atom. The molecule has 2 amide bonds. The molecule has 4 rings (SSSR count). The Morgan fingerprint density at radius 1 is 0.958 bits per heavy atom. The van der Waals surface area contributed by atoms with Crippen molar-refractivity contribution in [1.29, 1.82) is 0 Å². The van der Waals surface area contributed by atoms with Gasteiger partial charge in [-0.25, -0.2) is 9.63 Å². The maximum atomic E-state index is 12.5. The highest BCUT2D eigenvalue weighted by atomic mass is 16.8. The fourth-order valence-electron chi connectivity index (χ4n) is 3.04. The molecule has 5 nitrogen and oxygen atoms in total. The molecule has 0 aliphatic carbocycles. The number of hydroxylamine groups is 2. The summed E-state index contributed by atoms with van der Waals surface area (Å²) in [6.07, 6.45) is 1.60. The quantitative estimate of drug-likeness (QED) is 0.811. The lowest BCUT2D eigenvalue weighted by Crippen LogP contribution is -2.43. The molecule has 0 radical (unpaired) electrons. The van der Waals surface area contributed by atoms with E-state index in [1.165, 1.54) is 5.06 Å². The van der Waals surface area contributed by atoms with E-state index in [9.17, 15) is 4.79 Å². The first-order valence-corrected chi connectivity index (χ1v) is 8.33. The zero-order chi connectivity index (χ0) is 16.4.